The molecule has 2 heteroatoms. The molecule has 62 valence electrons. The van der Waals surface area contributed by atoms with Crippen LogP contribution in [0, 0.1) is 0 Å². The summed E-state index contributed by atoms with van der Waals surface area (Å²) < 4.78 is 1.09. The highest BCUT2D eigenvalue weighted by Gasteiger charge is 2.25. The third-order valence-corrected chi connectivity index (χ3v) is 2.67. The average Bonchev–Trinajstić information content (AvgIpc) is 2.27. The molecule has 1 heterocycles. The first kappa shape index (κ1) is 7.99. The molecule has 1 nitrogen and oxygen atoms in total. The van der Waals surface area contributed by atoms with Crippen LogP contribution in [0.3, 0.4) is 0 Å². The van der Waals surface area contributed by atoms with Crippen LogP contribution >= 0.6 is 15.9 Å². The van der Waals surface area contributed by atoms with Gasteiger partial charge in [-0.05, 0) is 17.7 Å². The van der Waals surface area contributed by atoms with Gasteiger partial charge in [-0.1, -0.05) is 35.8 Å². The van der Waals surface area contributed by atoms with Crippen molar-refractivity contribution in [2.75, 3.05) is 0 Å². The Balaban J connectivity index is 2.62. The fraction of sp³-hybridized carbons (Fsp3) is 0.300. The van der Waals surface area contributed by atoms with E-state index >= 15 is 0 Å². The van der Waals surface area contributed by atoms with Gasteiger partial charge in [-0.3, -0.25) is 4.99 Å². The Bertz CT molecular complexity index is 353. The van der Waals surface area contributed by atoms with Crippen molar-refractivity contribution in [3.05, 3.63) is 28.2 Å². The molecule has 1 aromatic rings. The lowest BCUT2D eigenvalue weighted by molar-refractivity contribution is 0.753. The zero-order valence-corrected chi connectivity index (χ0v) is 8.72. The molecule has 0 N–H and O–H groups in total. The molecular weight excluding hydrogens is 214 g/mol. The van der Waals surface area contributed by atoms with Crippen LogP contribution in [0.1, 0.15) is 19.4 Å². The number of rotatable bonds is 0. The molecule has 0 saturated heterocycles. The Morgan fingerprint density at radius 1 is 1.33 bits per heavy atom. The van der Waals surface area contributed by atoms with Crippen molar-refractivity contribution >= 4 is 27.8 Å². The Kier molecular flexibility index (Phi) is 1.62. The first-order chi connectivity index (χ1) is 5.59. The summed E-state index contributed by atoms with van der Waals surface area (Å²) in [5.41, 5.74) is 2.51. The molecular formula is C10H10BrN. The van der Waals surface area contributed by atoms with Crippen LogP contribution in [0.5, 0.6) is 0 Å². The van der Waals surface area contributed by atoms with Crippen LogP contribution in [0.2, 0.25) is 0 Å². The molecule has 1 aliphatic rings. The van der Waals surface area contributed by atoms with Crippen molar-refractivity contribution in [3.63, 3.8) is 0 Å². The highest BCUT2D eigenvalue weighted by Crippen LogP contribution is 2.37. The maximum Gasteiger partial charge on any atom is 0.0678 e. The number of nitrogens with zero attached hydrogens (tertiary/aromatic N) is 1. The predicted molar refractivity (Wildman–Crippen MR) is 55.3 cm³/mol. The summed E-state index contributed by atoms with van der Waals surface area (Å²) in [5.74, 6) is 0. The minimum atomic E-state index is 0.107. The SMILES string of the molecule is CC1(C)C=Nc2cc(Br)ccc21. The van der Waals surface area contributed by atoms with Crippen molar-refractivity contribution in [1.82, 2.24) is 0 Å². The van der Waals surface area contributed by atoms with Gasteiger partial charge in [0.25, 0.3) is 0 Å². The molecule has 0 atom stereocenters. The molecule has 0 aromatic heterocycles. The lowest BCUT2D eigenvalue weighted by atomic mass is 9.87. The zero-order valence-electron chi connectivity index (χ0n) is 7.13. The summed E-state index contributed by atoms with van der Waals surface area (Å²) in [6.45, 7) is 4.35. The van der Waals surface area contributed by atoms with Gasteiger partial charge >= 0.3 is 0 Å². The molecule has 0 bridgehead atoms. The number of fused-ring (bicyclic) bond motifs is 1. The van der Waals surface area contributed by atoms with E-state index in [2.05, 4.69) is 53.0 Å². The summed E-state index contributed by atoms with van der Waals surface area (Å²) >= 11 is 3.43. The smallest absolute Gasteiger partial charge is 0.0678 e. The van der Waals surface area contributed by atoms with Gasteiger partial charge in [-0.25, -0.2) is 0 Å². The summed E-state index contributed by atoms with van der Waals surface area (Å²) in [4.78, 5) is 4.36. The Hall–Kier alpha value is -0.630. The highest BCUT2D eigenvalue weighted by molar-refractivity contribution is 9.10. The molecule has 0 fully saturated rings. The molecule has 0 aliphatic carbocycles. The average molecular weight is 224 g/mol. The standard InChI is InChI=1S/C10H10BrN/c1-10(2)6-12-9-5-7(11)3-4-8(9)10/h3-6H,1-2H3. The van der Waals surface area contributed by atoms with Crippen molar-refractivity contribution in [3.8, 4) is 0 Å². The molecule has 12 heavy (non-hydrogen) atoms. The Morgan fingerprint density at radius 2 is 2.08 bits per heavy atom. The van der Waals surface area contributed by atoms with Crippen LogP contribution in [-0.2, 0) is 5.41 Å². The van der Waals surface area contributed by atoms with E-state index in [9.17, 15) is 0 Å². The second-order valence-corrected chi connectivity index (χ2v) is 4.56. The maximum atomic E-state index is 4.36. The molecule has 0 amide bonds. The van der Waals surface area contributed by atoms with Crippen LogP contribution in [0.15, 0.2) is 27.7 Å². The van der Waals surface area contributed by atoms with Gasteiger partial charge in [0.2, 0.25) is 0 Å². The molecule has 0 saturated carbocycles. The molecule has 0 spiro atoms. The van der Waals surface area contributed by atoms with E-state index in [1.807, 2.05) is 6.21 Å². The van der Waals surface area contributed by atoms with Crippen molar-refractivity contribution in [2.24, 2.45) is 4.99 Å². The lowest BCUT2D eigenvalue weighted by Crippen LogP contribution is -2.14. The molecule has 2 rings (SSSR count). The molecule has 0 unspecified atom stereocenters. The van der Waals surface area contributed by atoms with Crippen molar-refractivity contribution < 1.29 is 0 Å². The van der Waals surface area contributed by atoms with Gasteiger partial charge in [0.05, 0.1) is 5.69 Å². The highest BCUT2D eigenvalue weighted by atomic mass is 79.9. The topological polar surface area (TPSA) is 12.4 Å². The van der Waals surface area contributed by atoms with Gasteiger partial charge in [-0.2, -0.15) is 0 Å². The maximum absolute atomic E-state index is 4.36. The monoisotopic (exact) mass is 223 g/mol. The molecule has 1 aromatic carbocycles. The Morgan fingerprint density at radius 3 is 2.83 bits per heavy atom. The number of halogens is 1. The van der Waals surface area contributed by atoms with E-state index in [0.717, 1.165) is 10.2 Å². The normalized spacial score (nSPS) is 17.9. The second kappa shape index (κ2) is 2.43. The first-order valence-electron chi connectivity index (χ1n) is 3.95. The van der Waals surface area contributed by atoms with E-state index in [0.29, 0.717) is 0 Å². The van der Waals surface area contributed by atoms with Crippen molar-refractivity contribution in [1.29, 1.82) is 0 Å². The quantitative estimate of drug-likeness (QED) is 0.640. The van der Waals surface area contributed by atoms with Gasteiger partial charge < -0.3 is 0 Å². The van der Waals surface area contributed by atoms with Gasteiger partial charge in [-0.15, -0.1) is 0 Å². The van der Waals surface area contributed by atoms with E-state index in [1.165, 1.54) is 5.56 Å². The summed E-state index contributed by atoms with van der Waals surface area (Å²) in [7, 11) is 0. The van der Waals surface area contributed by atoms with Gasteiger partial charge in [0.15, 0.2) is 0 Å². The number of hydrogen-bond acceptors (Lipinski definition) is 1. The van der Waals surface area contributed by atoms with Crippen LogP contribution < -0.4 is 0 Å². The fourth-order valence-electron chi connectivity index (χ4n) is 1.46. The molecule has 0 radical (unpaired) electrons. The van der Waals surface area contributed by atoms with E-state index in [-0.39, 0.29) is 5.41 Å². The summed E-state index contributed by atoms with van der Waals surface area (Å²) in [6, 6.07) is 6.25. The lowest BCUT2D eigenvalue weighted by Gasteiger charge is -2.14. The van der Waals surface area contributed by atoms with Crippen LogP contribution in [0.4, 0.5) is 5.69 Å². The van der Waals surface area contributed by atoms with Crippen LogP contribution in [-0.4, -0.2) is 6.21 Å². The number of aliphatic imine (C=N–C) groups is 1. The second-order valence-electron chi connectivity index (χ2n) is 3.64. The number of hydrogen-bond donors (Lipinski definition) is 0. The predicted octanol–water partition coefficient (Wildman–Crippen LogP) is 3.44. The summed E-state index contributed by atoms with van der Waals surface area (Å²) in [5, 5.41) is 0. The van der Waals surface area contributed by atoms with E-state index < -0.39 is 0 Å². The molecule has 1 aliphatic heterocycles. The third kappa shape index (κ3) is 1.11. The van der Waals surface area contributed by atoms with E-state index in [1.54, 1.807) is 0 Å². The van der Waals surface area contributed by atoms with Gasteiger partial charge in [0.1, 0.15) is 0 Å². The first-order valence-corrected chi connectivity index (χ1v) is 4.74. The summed E-state index contributed by atoms with van der Waals surface area (Å²) in [6.07, 6.45) is 2.00. The zero-order chi connectivity index (χ0) is 8.77. The van der Waals surface area contributed by atoms with Crippen molar-refractivity contribution in [2.45, 2.75) is 19.3 Å². The third-order valence-electron chi connectivity index (χ3n) is 2.18. The number of benzene rings is 1. The largest absolute Gasteiger partial charge is 0.260 e. The van der Waals surface area contributed by atoms with Crippen LogP contribution in [0.25, 0.3) is 0 Å². The van der Waals surface area contributed by atoms with E-state index in [4.69, 9.17) is 0 Å². The Labute approximate surface area is 80.6 Å². The minimum Gasteiger partial charge on any atom is -0.260 e. The minimum absolute atomic E-state index is 0.107. The van der Waals surface area contributed by atoms with Gasteiger partial charge in [0, 0.05) is 16.1 Å². The fourth-order valence-corrected chi connectivity index (χ4v) is 1.81.